The molecule has 0 bridgehead atoms. The fraction of sp³-hybridized carbons (Fsp3) is 0.946. The minimum Gasteiger partial charge on any atom is -0.462 e. The number of rotatable bonds is 71. The first-order chi connectivity index (χ1) is 44.6. The van der Waals surface area contributed by atoms with Crippen LogP contribution in [-0.2, 0) is 65.4 Å². The molecule has 0 aromatic heterocycles. The molecule has 0 aromatic carbocycles. The maximum absolute atomic E-state index is 13.1. The van der Waals surface area contributed by atoms with Crippen molar-refractivity contribution in [2.45, 2.75) is 388 Å². The largest absolute Gasteiger partial charge is 0.472 e. The van der Waals surface area contributed by atoms with E-state index in [1.54, 1.807) is 0 Å². The molecule has 0 aliphatic carbocycles. The number of unbranched alkanes of at least 4 members (excludes halogenated alkanes) is 37. The van der Waals surface area contributed by atoms with Gasteiger partial charge in [0.15, 0.2) is 12.2 Å². The van der Waals surface area contributed by atoms with Gasteiger partial charge in [0.1, 0.15) is 19.3 Å². The minimum atomic E-state index is -4.96. The molecule has 0 rings (SSSR count). The van der Waals surface area contributed by atoms with Crippen molar-refractivity contribution in [2.75, 3.05) is 39.6 Å². The van der Waals surface area contributed by atoms with Gasteiger partial charge in [-0.3, -0.25) is 37.3 Å². The Morgan fingerprint density at radius 2 is 0.452 bits per heavy atom. The van der Waals surface area contributed by atoms with Crippen LogP contribution in [0, 0.1) is 23.7 Å². The maximum Gasteiger partial charge on any atom is 0.472 e. The minimum absolute atomic E-state index is 0.103. The number of hydrogen-bond donors (Lipinski definition) is 3. The van der Waals surface area contributed by atoms with E-state index in [-0.39, 0.29) is 25.7 Å². The molecule has 0 fully saturated rings. The van der Waals surface area contributed by atoms with Crippen molar-refractivity contribution in [3.8, 4) is 0 Å². The van der Waals surface area contributed by atoms with Crippen LogP contribution in [0.25, 0.3) is 0 Å². The molecule has 0 radical (unpaired) electrons. The van der Waals surface area contributed by atoms with E-state index >= 15 is 0 Å². The zero-order valence-electron chi connectivity index (χ0n) is 60.9. The Balaban J connectivity index is 5.23. The van der Waals surface area contributed by atoms with E-state index in [9.17, 15) is 43.2 Å². The molecule has 2 unspecified atom stereocenters. The predicted octanol–water partition coefficient (Wildman–Crippen LogP) is 21.3. The summed E-state index contributed by atoms with van der Waals surface area (Å²) in [5.74, 6) is 0.855. The van der Waals surface area contributed by atoms with Crippen LogP contribution in [0.5, 0.6) is 0 Å². The second-order valence-electron chi connectivity index (χ2n) is 28.6. The van der Waals surface area contributed by atoms with Crippen molar-refractivity contribution >= 4 is 39.5 Å². The van der Waals surface area contributed by atoms with Gasteiger partial charge in [-0.2, -0.15) is 0 Å². The Hall–Kier alpha value is -1.94. The topological polar surface area (TPSA) is 237 Å². The first-order valence-corrected chi connectivity index (χ1v) is 41.2. The summed E-state index contributed by atoms with van der Waals surface area (Å²) >= 11 is 0. The molecular formula is C74H144O17P2. The summed E-state index contributed by atoms with van der Waals surface area (Å²) < 4.78 is 68.4. The molecule has 17 nitrogen and oxygen atoms in total. The van der Waals surface area contributed by atoms with Gasteiger partial charge in [-0.1, -0.05) is 319 Å². The van der Waals surface area contributed by atoms with Crippen LogP contribution < -0.4 is 0 Å². The lowest BCUT2D eigenvalue weighted by molar-refractivity contribution is -0.161. The number of esters is 4. The molecule has 3 N–H and O–H groups in total. The number of phosphoric ester groups is 2. The van der Waals surface area contributed by atoms with Gasteiger partial charge in [-0.05, 0) is 49.4 Å². The number of carbonyl (C=O) groups is 4. The van der Waals surface area contributed by atoms with Crippen LogP contribution in [0.2, 0.25) is 0 Å². The molecule has 5 atom stereocenters. The highest BCUT2D eigenvalue weighted by Crippen LogP contribution is 2.45. The lowest BCUT2D eigenvalue weighted by Gasteiger charge is -2.21. The number of phosphoric acid groups is 2. The SMILES string of the molecule is CC(C)CCCCCCCCCCCCCCCCCC(=O)O[C@H](COC(=O)CCCCCCCCCCCCCCC(C)C)COP(=O)(O)OC[C@@H](O)COP(=O)(O)OC[C@@H](COC(=O)CCCCCCCCC(C)C)OC(=O)CCCCCCCCCCC(C)C. The summed E-state index contributed by atoms with van der Waals surface area (Å²) in [4.78, 5) is 72.7. The first kappa shape index (κ1) is 91.1. The Morgan fingerprint density at radius 1 is 0.269 bits per heavy atom. The van der Waals surface area contributed by atoms with Crippen molar-refractivity contribution in [1.29, 1.82) is 0 Å². The third-order valence-corrected chi connectivity index (χ3v) is 19.0. The maximum atomic E-state index is 13.1. The summed E-state index contributed by atoms with van der Waals surface area (Å²) in [5.41, 5.74) is 0. The molecule has 552 valence electrons. The van der Waals surface area contributed by atoms with E-state index < -0.39 is 97.5 Å². The van der Waals surface area contributed by atoms with Gasteiger partial charge in [0.05, 0.1) is 26.4 Å². The van der Waals surface area contributed by atoms with E-state index in [0.29, 0.717) is 31.6 Å². The third-order valence-electron chi connectivity index (χ3n) is 17.1. The second-order valence-corrected chi connectivity index (χ2v) is 31.5. The molecule has 0 amide bonds. The predicted molar refractivity (Wildman–Crippen MR) is 377 cm³/mol. The number of aliphatic hydroxyl groups excluding tert-OH is 1. The van der Waals surface area contributed by atoms with Crippen LogP contribution in [-0.4, -0.2) is 96.7 Å². The smallest absolute Gasteiger partial charge is 0.462 e. The van der Waals surface area contributed by atoms with E-state index in [1.807, 2.05) is 0 Å². The van der Waals surface area contributed by atoms with Gasteiger partial charge < -0.3 is 33.8 Å². The van der Waals surface area contributed by atoms with Crippen molar-refractivity contribution in [2.24, 2.45) is 23.7 Å². The Labute approximate surface area is 568 Å². The van der Waals surface area contributed by atoms with Crippen molar-refractivity contribution in [1.82, 2.24) is 0 Å². The molecule has 0 saturated heterocycles. The average molecular weight is 1370 g/mol. The third kappa shape index (κ3) is 68.4. The van der Waals surface area contributed by atoms with Crippen LogP contribution in [0.3, 0.4) is 0 Å². The number of hydrogen-bond acceptors (Lipinski definition) is 15. The number of ether oxygens (including phenoxy) is 4. The lowest BCUT2D eigenvalue weighted by Crippen LogP contribution is -2.30. The fourth-order valence-corrected chi connectivity index (χ4v) is 12.8. The van der Waals surface area contributed by atoms with Gasteiger partial charge in [0.25, 0.3) is 0 Å². The van der Waals surface area contributed by atoms with Gasteiger partial charge in [0.2, 0.25) is 0 Å². The molecular weight excluding hydrogens is 1220 g/mol. The van der Waals surface area contributed by atoms with Gasteiger partial charge in [-0.25, -0.2) is 9.13 Å². The molecule has 0 aromatic rings. The van der Waals surface area contributed by atoms with Gasteiger partial charge in [0, 0.05) is 25.7 Å². The quantitative estimate of drug-likeness (QED) is 0.0222. The lowest BCUT2D eigenvalue weighted by atomic mass is 10.0. The van der Waals surface area contributed by atoms with Crippen LogP contribution in [0.1, 0.15) is 370 Å². The van der Waals surface area contributed by atoms with Gasteiger partial charge >= 0.3 is 39.5 Å². The van der Waals surface area contributed by atoms with E-state index in [1.165, 1.54) is 167 Å². The van der Waals surface area contributed by atoms with E-state index in [2.05, 4.69) is 55.4 Å². The Kier molecular flexibility index (Phi) is 62.2. The molecule has 93 heavy (non-hydrogen) atoms. The van der Waals surface area contributed by atoms with E-state index in [4.69, 9.17) is 37.0 Å². The normalized spacial score (nSPS) is 14.2. The standard InChI is InChI=1S/C74H144O17P2/c1-64(2)50-42-34-26-20-16-12-10-9-11-13-19-23-30-40-48-56-73(78)90-69(60-84-71(76)54-46-38-29-22-18-15-14-17-21-27-35-43-51-65(3)4)62-88-92(80,81)86-58-68(75)59-87-93(82,83)89-63-70(61-85-72(77)55-47-39-33-32-37-45-53-67(7)8)91-74(79)57-49-41-31-25-24-28-36-44-52-66(5)6/h64-70,75H,9-63H2,1-8H3,(H,80,81)(H,82,83)/t68-,69-,70-/m1/s1. The second kappa shape index (κ2) is 63.5. The Bertz CT molecular complexity index is 1830. The zero-order chi connectivity index (χ0) is 68.9. The van der Waals surface area contributed by atoms with Crippen molar-refractivity contribution in [3.05, 3.63) is 0 Å². The van der Waals surface area contributed by atoms with Crippen LogP contribution in [0.15, 0.2) is 0 Å². The monoisotopic (exact) mass is 1370 g/mol. The van der Waals surface area contributed by atoms with Crippen molar-refractivity contribution < 1.29 is 80.2 Å². The molecule has 0 saturated carbocycles. The summed E-state index contributed by atoms with van der Waals surface area (Å²) in [5, 5.41) is 10.6. The Morgan fingerprint density at radius 3 is 0.667 bits per heavy atom. The fourth-order valence-electron chi connectivity index (χ4n) is 11.2. The van der Waals surface area contributed by atoms with Crippen LogP contribution >= 0.6 is 15.6 Å². The summed E-state index contributed by atoms with van der Waals surface area (Å²) in [6, 6.07) is 0. The number of carbonyl (C=O) groups excluding carboxylic acids is 4. The molecule has 0 heterocycles. The summed E-state index contributed by atoms with van der Waals surface area (Å²) in [6.07, 6.45) is 47.4. The molecule has 0 spiro atoms. The molecule has 19 heteroatoms. The van der Waals surface area contributed by atoms with E-state index in [0.717, 1.165) is 114 Å². The first-order valence-electron chi connectivity index (χ1n) is 38.2. The number of aliphatic hydroxyl groups is 1. The molecule has 0 aliphatic rings. The summed E-state index contributed by atoms with van der Waals surface area (Å²) in [6.45, 7) is 14.1. The van der Waals surface area contributed by atoms with Crippen molar-refractivity contribution in [3.63, 3.8) is 0 Å². The highest BCUT2D eigenvalue weighted by Gasteiger charge is 2.30. The highest BCUT2D eigenvalue weighted by atomic mass is 31.2. The highest BCUT2D eigenvalue weighted by molar-refractivity contribution is 7.47. The zero-order valence-corrected chi connectivity index (χ0v) is 62.7. The van der Waals surface area contributed by atoms with Crippen LogP contribution in [0.4, 0.5) is 0 Å². The van der Waals surface area contributed by atoms with Gasteiger partial charge in [-0.15, -0.1) is 0 Å². The summed E-state index contributed by atoms with van der Waals surface area (Å²) in [7, 11) is -9.91. The molecule has 0 aliphatic heterocycles. The average Bonchev–Trinajstić information content (AvgIpc) is 2.89.